The predicted octanol–water partition coefficient (Wildman–Crippen LogP) is 1.55. The van der Waals surface area contributed by atoms with Gasteiger partial charge in [-0.1, -0.05) is 12.8 Å². The van der Waals surface area contributed by atoms with E-state index in [1.165, 1.54) is 25.7 Å². The molecule has 4 heteroatoms. The van der Waals surface area contributed by atoms with Crippen LogP contribution in [0.4, 0.5) is 0 Å². The Kier molecular flexibility index (Phi) is 4.14. The van der Waals surface area contributed by atoms with E-state index in [1.54, 1.807) is 11.8 Å². The number of hydrogen-bond acceptors (Lipinski definition) is 3. The van der Waals surface area contributed by atoms with Gasteiger partial charge in [0.05, 0.1) is 12.4 Å². The highest BCUT2D eigenvalue weighted by atomic mass is 32.2. The summed E-state index contributed by atoms with van der Waals surface area (Å²) in [4.78, 5) is 11.6. The summed E-state index contributed by atoms with van der Waals surface area (Å²) in [6.07, 6.45) is 7.32. The summed E-state index contributed by atoms with van der Waals surface area (Å²) in [6.45, 7) is 0.872. The van der Waals surface area contributed by atoms with Gasteiger partial charge >= 0.3 is 0 Å². The number of thioether (sulfide) groups is 1. The fourth-order valence-electron chi connectivity index (χ4n) is 2.15. The van der Waals surface area contributed by atoms with Gasteiger partial charge in [-0.15, -0.1) is 11.8 Å². The summed E-state index contributed by atoms with van der Waals surface area (Å²) in [7, 11) is 0. The highest BCUT2D eigenvalue weighted by molar-refractivity contribution is 8.00. The van der Waals surface area contributed by atoms with E-state index in [-0.39, 0.29) is 17.9 Å². The molecular weight excluding hydrogens is 222 g/mol. The first-order valence-corrected chi connectivity index (χ1v) is 7.28. The van der Waals surface area contributed by atoms with Crippen molar-refractivity contribution in [2.24, 2.45) is 5.41 Å². The van der Waals surface area contributed by atoms with Gasteiger partial charge in [0.15, 0.2) is 0 Å². The van der Waals surface area contributed by atoms with E-state index in [2.05, 4.69) is 5.32 Å². The van der Waals surface area contributed by atoms with Crippen molar-refractivity contribution < 1.29 is 9.90 Å². The average Bonchev–Trinajstić information content (AvgIpc) is 2.90. The monoisotopic (exact) mass is 243 g/mol. The zero-order valence-electron chi connectivity index (χ0n) is 9.71. The van der Waals surface area contributed by atoms with Crippen LogP contribution in [0.15, 0.2) is 0 Å². The van der Waals surface area contributed by atoms with Gasteiger partial charge in [0.25, 0.3) is 0 Å². The number of nitrogens with one attached hydrogen (secondary N) is 1. The van der Waals surface area contributed by atoms with Gasteiger partial charge in [-0.05, 0) is 25.7 Å². The predicted molar refractivity (Wildman–Crippen MR) is 66.5 cm³/mol. The summed E-state index contributed by atoms with van der Waals surface area (Å²) in [5, 5.41) is 12.8. The SMILES string of the molecule is O=C(CSC1CCCC1)NCC1(CO)CC1. The second-order valence-corrected chi connectivity index (χ2v) is 6.44. The lowest BCUT2D eigenvalue weighted by Crippen LogP contribution is -2.33. The van der Waals surface area contributed by atoms with Crippen LogP contribution < -0.4 is 5.32 Å². The largest absolute Gasteiger partial charge is 0.396 e. The lowest BCUT2D eigenvalue weighted by Gasteiger charge is -2.13. The minimum absolute atomic E-state index is 0.0354. The maximum Gasteiger partial charge on any atom is 0.230 e. The zero-order valence-corrected chi connectivity index (χ0v) is 10.5. The molecule has 2 fully saturated rings. The summed E-state index contributed by atoms with van der Waals surface area (Å²) < 4.78 is 0. The van der Waals surface area contributed by atoms with Gasteiger partial charge in [-0.25, -0.2) is 0 Å². The van der Waals surface area contributed by atoms with Gasteiger partial charge in [0.1, 0.15) is 0 Å². The molecule has 1 amide bonds. The van der Waals surface area contributed by atoms with E-state index >= 15 is 0 Å². The Morgan fingerprint density at radius 3 is 2.62 bits per heavy atom. The van der Waals surface area contributed by atoms with Crippen molar-refractivity contribution in [2.75, 3.05) is 18.9 Å². The lowest BCUT2D eigenvalue weighted by molar-refractivity contribution is -0.118. The van der Waals surface area contributed by atoms with Crippen LogP contribution >= 0.6 is 11.8 Å². The molecule has 0 unspecified atom stereocenters. The number of amides is 1. The van der Waals surface area contributed by atoms with E-state index < -0.39 is 0 Å². The lowest BCUT2D eigenvalue weighted by atomic mass is 10.1. The molecule has 2 aliphatic rings. The van der Waals surface area contributed by atoms with Crippen molar-refractivity contribution in [1.82, 2.24) is 5.32 Å². The normalized spacial score (nSPS) is 23.3. The third-order valence-corrected chi connectivity index (χ3v) is 5.08. The molecular formula is C12H21NO2S. The number of carbonyl (C=O) groups excluding carboxylic acids is 1. The molecule has 2 aliphatic carbocycles. The van der Waals surface area contributed by atoms with E-state index in [0.29, 0.717) is 17.5 Å². The van der Waals surface area contributed by atoms with E-state index in [1.807, 2.05) is 0 Å². The van der Waals surface area contributed by atoms with Crippen molar-refractivity contribution in [3.8, 4) is 0 Å². The van der Waals surface area contributed by atoms with Crippen LogP contribution in [0, 0.1) is 5.41 Å². The molecule has 0 saturated heterocycles. The molecule has 2 saturated carbocycles. The Morgan fingerprint density at radius 1 is 1.38 bits per heavy atom. The second kappa shape index (κ2) is 5.41. The topological polar surface area (TPSA) is 49.3 Å². The van der Waals surface area contributed by atoms with E-state index in [0.717, 1.165) is 12.8 Å². The molecule has 0 radical (unpaired) electrons. The Balaban J connectivity index is 1.57. The van der Waals surface area contributed by atoms with Crippen molar-refractivity contribution in [3.63, 3.8) is 0 Å². The van der Waals surface area contributed by atoms with E-state index in [9.17, 15) is 4.79 Å². The van der Waals surface area contributed by atoms with Crippen molar-refractivity contribution in [1.29, 1.82) is 0 Å². The Hall–Kier alpha value is -0.220. The minimum atomic E-state index is 0.0354. The van der Waals surface area contributed by atoms with Crippen molar-refractivity contribution >= 4 is 17.7 Å². The fourth-order valence-corrected chi connectivity index (χ4v) is 3.31. The smallest absolute Gasteiger partial charge is 0.230 e. The Morgan fingerprint density at radius 2 is 2.06 bits per heavy atom. The molecule has 92 valence electrons. The van der Waals surface area contributed by atoms with Gasteiger partial charge in [-0.2, -0.15) is 0 Å². The molecule has 2 rings (SSSR count). The van der Waals surface area contributed by atoms with Crippen LogP contribution in [0.25, 0.3) is 0 Å². The zero-order chi connectivity index (χ0) is 11.4. The molecule has 0 aromatic heterocycles. The maximum atomic E-state index is 11.6. The van der Waals surface area contributed by atoms with Gasteiger partial charge in [0.2, 0.25) is 5.91 Å². The molecule has 0 aliphatic heterocycles. The molecule has 0 aromatic carbocycles. The Labute approximate surface area is 101 Å². The molecule has 0 aromatic rings. The van der Waals surface area contributed by atoms with Crippen LogP contribution in [0.3, 0.4) is 0 Å². The maximum absolute atomic E-state index is 11.6. The highest BCUT2D eigenvalue weighted by Gasteiger charge is 2.41. The molecule has 0 heterocycles. The second-order valence-electron chi connectivity index (χ2n) is 5.15. The average molecular weight is 243 g/mol. The number of aliphatic hydroxyl groups excluding tert-OH is 1. The summed E-state index contributed by atoms with van der Waals surface area (Å²) >= 11 is 1.80. The van der Waals surface area contributed by atoms with Gasteiger partial charge in [0, 0.05) is 17.2 Å². The van der Waals surface area contributed by atoms with Crippen LogP contribution in [0.1, 0.15) is 38.5 Å². The van der Waals surface area contributed by atoms with Crippen molar-refractivity contribution in [2.45, 2.75) is 43.8 Å². The first kappa shape index (κ1) is 12.2. The fraction of sp³-hybridized carbons (Fsp3) is 0.917. The Bertz CT molecular complexity index is 247. The quantitative estimate of drug-likeness (QED) is 0.744. The molecule has 3 nitrogen and oxygen atoms in total. The minimum Gasteiger partial charge on any atom is -0.396 e. The van der Waals surface area contributed by atoms with Crippen LogP contribution in [-0.4, -0.2) is 35.2 Å². The van der Waals surface area contributed by atoms with Gasteiger partial charge < -0.3 is 10.4 Å². The van der Waals surface area contributed by atoms with Crippen molar-refractivity contribution in [3.05, 3.63) is 0 Å². The third-order valence-electron chi connectivity index (χ3n) is 3.71. The summed E-state index contributed by atoms with van der Waals surface area (Å²) in [5.41, 5.74) is 0.0354. The molecule has 0 atom stereocenters. The molecule has 16 heavy (non-hydrogen) atoms. The molecule has 0 spiro atoms. The van der Waals surface area contributed by atoms with E-state index in [4.69, 9.17) is 5.11 Å². The number of hydrogen-bond donors (Lipinski definition) is 2. The third kappa shape index (κ3) is 3.39. The number of rotatable bonds is 6. The highest BCUT2D eigenvalue weighted by Crippen LogP contribution is 2.44. The molecule has 2 N–H and O–H groups in total. The van der Waals surface area contributed by atoms with Crippen LogP contribution in [0.5, 0.6) is 0 Å². The van der Waals surface area contributed by atoms with Gasteiger partial charge in [-0.3, -0.25) is 4.79 Å². The summed E-state index contributed by atoms with van der Waals surface area (Å²) in [6, 6.07) is 0. The van der Waals surface area contributed by atoms with Crippen LogP contribution in [-0.2, 0) is 4.79 Å². The molecule has 0 bridgehead atoms. The summed E-state index contributed by atoms with van der Waals surface area (Å²) in [5.74, 6) is 0.725. The van der Waals surface area contributed by atoms with Crippen LogP contribution in [0.2, 0.25) is 0 Å². The first-order chi connectivity index (χ1) is 7.74. The number of carbonyl (C=O) groups is 1. The standard InChI is InChI=1S/C12H21NO2S/c14-9-12(5-6-12)8-13-11(15)7-16-10-3-1-2-4-10/h10,14H,1-9H2,(H,13,15). The first-order valence-electron chi connectivity index (χ1n) is 6.23. The number of aliphatic hydroxyl groups is 1.